The number of methoxy groups -OCH3 is 2. The molecule has 3 radical (unpaired) electrons. The number of carbonyl (C=O) groups is 2. The van der Waals surface area contributed by atoms with Crippen molar-refractivity contribution in [3.8, 4) is 0 Å². The molecule has 38 heavy (non-hydrogen) atoms. The van der Waals surface area contributed by atoms with Gasteiger partial charge in [0.25, 0.3) is 0 Å². The summed E-state index contributed by atoms with van der Waals surface area (Å²) >= 11 is 0. The van der Waals surface area contributed by atoms with Crippen LogP contribution >= 0.6 is 0 Å². The van der Waals surface area contributed by atoms with E-state index in [1.807, 2.05) is 0 Å². The van der Waals surface area contributed by atoms with Crippen molar-refractivity contribution in [1.82, 2.24) is 0 Å². The van der Waals surface area contributed by atoms with Crippen molar-refractivity contribution in [2.45, 2.75) is 98.3 Å². The monoisotopic (exact) mass is 545 g/mol. The third-order valence-electron chi connectivity index (χ3n) is 9.15. The van der Waals surface area contributed by atoms with Gasteiger partial charge in [-0.15, -0.1) is 0 Å². The van der Waals surface area contributed by atoms with E-state index >= 15 is 0 Å². The van der Waals surface area contributed by atoms with E-state index in [9.17, 15) is 14.7 Å². The Bertz CT molecular complexity index is 770. The van der Waals surface area contributed by atoms with Gasteiger partial charge < -0.3 is 26.6 Å². The summed E-state index contributed by atoms with van der Waals surface area (Å²) in [7, 11) is 2.81. The van der Waals surface area contributed by atoms with E-state index in [1.54, 1.807) is 0 Å². The van der Waals surface area contributed by atoms with E-state index in [0.717, 1.165) is 32.1 Å². The quantitative estimate of drug-likeness (QED) is 0.327. The van der Waals surface area contributed by atoms with Gasteiger partial charge in [0.1, 0.15) is 6.10 Å². The summed E-state index contributed by atoms with van der Waals surface area (Å²) in [5.74, 6) is 0.881. The molecule has 0 amide bonds. The summed E-state index contributed by atoms with van der Waals surface area (Å²) in [4.78, 5) is 29.0. The Labute approximate surface area is 255 Å². The second kappa shape index (κ2) is 17.3. The molecule has 1 heterocycles. The molecule has 1 aliphatic heterocycles. The van der Waals surface area contributed by atoms with Gasteiger partial charge in [0.05, 0.1) is 37.9 Å². The molecule has 3 aliphatic rings. The van der Waals surface area contributed by atoms with Gasteiger partial charge in [-0.05, 0) is 43.4 Å². The van der Waals surface area contributed by atoms with Crippen LogP contribution in [0, 0.1) is 47.3 Å². The van der Waals surface area contributed by atoms with E-state index in [0.29, 0.717) is 30.1 Å². The fraction of sp³-hybridized carbons (Fsp3) is 0.893. The first-order valence-electron chi connectivity index (χ1n) is 13.9. The Morgan fingerprint density at radius 2 is 1.50 bits per heavy atom. The summed E-state index contributed by atoms with van der Waals surface area (Å²) in [6.45, 7) is 12.9. The van der Waals surface area contributed by atoms with Crippen LogP contribution in [0.4, 0.5) is 0 Å². The van der Waals surface area contributed by atoms with Crippen molar-refractivity contribution in [3.05, 3.63) is 0 Å². The minimum absolute atomic E-state index is 0. The molecule has 3 N–H and O–H groups in total. The maximum atomic E-state index is 11.8. The normalized spacial score (nSPS) is 32.2. The number of nitrogens with two attached hydrogens (primary N) is 1. The molecular weight excluding hydrogens is 494 g/mol. The number of ether oxygens (including phenoxy) is 2. The number of oxime groups is 1. The zero-order valence-electron chi connectivity index (χ0n) is 26.2. The number of rotatable bonds is 9. The van der Waals surface area contributed by atoms with Crippen LogP contribution in [0.15, 0.2) is 5.16 Å². The van der Waals surface area contributed by atoms with Gasteiger partial charge in [-0.3, -0.25) is 9.59 Å². The van der Waals surface area contributed by atoms with E-state index < -0.39 is 12.0 Å². The molecule has 0 aromatic heterocycles. The van der Waals surface area contributed by atoms with Crippen LogP contribution in [-0.2, 0) is 23.9 Å². The molecule has 0 spiro atoms. The van der Waals surface area contributed by atoms with Crippen molar-refractivity contribution in [1.29, 1.82) is 0 Å². The van der Waals surface area contributed by atoms with E-state index in [2.05, 4.69) is 46.7 Å². The summed E-state index contributed by atoms with van der Waals surface area (Å²) in [5.41, 5.74) is 7.49. The average molecular weight is 546 g/mol. The molecule has 9 atom stereocenters. The van der Waals surface area contributed by atoms with Crippen molar-refractivity contribution in [2.24, 2.45) is 58.2 Å². The van der Waals surface area contributed by atoms with Gasteiger partial charge in [-0.25, -0.2) is 0 Å². The van der Waals surface area contributed by atoms with Crippen LogP contribution < -0.4 is 35.3 Å². The molecule has 10 heteroatoms. The summed E-state index contributed by atoms with van der Waals surface area (Å²) in [6, 6.07) is -0.0420. The fourth-order valence-corrected chi connectivity index (χ4v) is 6.92. The molecule has 3 rings (SSSR count). The minimum atomic E-state index is -0.664. The van der Waals surface area contributed by atoms with E-state index in [-0.39, 0.29) is 81.2 Å². The van der Waals surface area contributed by atoms with Crippen LogP contribution in [0.1, 0.15) is 81.5 Å². The molecule has 0 bridgehead atoms. The molecule has 0 saturated heterocycles. The van der Waals surface area contributed by atoms with Crippen molar-refractivity contribution in [2.75, 3.05) is 14.2 Å². The van der Waals surface area contributed by atoms with Gasteiger partial charge in [-0.2, -0.15) is 0 Å². The molecule has 0 aromatic rings. The maximum absolute atomic E-state index is 11.8. The van der Waals surface area contributed by atoms with Gasteiger partial charge in [0, 0.05) is 32.2 Å². The number of aliphatic hydroxyl groups is 1. The van der Waals surface area contributed by atoms with Crippen LogP contribution in [0.25, 0.3) is 0 Å². The topological polar surface area (TPSA) is 120 Å². The molecule has 213 valence electrons. The number of nitrogens with zero attached hydrogens (tertiary/aromatic N) is 1. The SMILES string of the molecule is CCC(CC)C1=NO[C@H]2[C@@H]1[C@H](C)C[C@@H]2C(=O)OC.CCC(CC)[C@H](N)[C@@H]1[C@H](O)[C@@H](C(=O)OC)C[C@H]1C.[B].[H-].[Na+]. The van der Waals surface area contributed by atoms with Gasteiger partial charge >= 0.3 is 41.5 Å². The van der Waals surface area contributed by atoms with Crippen LogP contribution in [-0.4, -0.2) is 63.6 Å². The predicted octanol–water partition coefficient (Wildman–Crippen LogP) is 0.914. The van der Waals surface area contributed by atoms with Gasteiger partial charge in [0.15, 0.2) is 0 Å². The molecule has 2 aliphatic carbocycles. The second-order valence-corrected chi connectivity index (χ2v) is 11.0. The van der Waals surface area contributed by atoms with Crippen LogP contribution in [0.3, 0.4) is 0 Å². The third-order valence-corrected chi connectivity index (χ3v) is 9.15. The molecule has 8 nitrogen and oxygen atoms in total. The first-order valence-corrected chi connectivity index (χ1v) is 13.9. The summed E-state index contributed by atoms with van der Waals surface area (Å²) in [6.07, 6.45) is 4.95. The maximum Gasteiger partial charge on any atom is 1.00 e. The van der Waals surface area contributed by atoms with Gasteiger partial charge in [0.2, 0.25) is 0 Å². The zero-order chi connectivity index (χ0) is 27.2. The number of carbonyl (C=O) groups excluding carboxylic acids is 2. The first-order chi connectivity index (χ1) is 17.1. The number of hydrogen-bond acceptors (Lipinski definition) is 8. The molecule has 2 fully saturated rings. The van der Waals surface area contributed by atoms with Gasteiger partial charge in [-0.1, -0.05) is 59.5 Å². The Morgan fingerprint density at radius 3 is 1.97 bits per heavy atom. The Balaban J connectivity index is 0. The Kier molecular flexibility index (Phi) is 17.0. The van der Waals surface area contributed by atoms with Crippen molar-refractivity contribution in [3.63, 3.8) is 0 Å². The first kappa shape index (κ1) is 37.4. The molecule has 2 saturated carbocycles. The van der Waals surface area contributed by atoms with Crippen molar-refractivity contribution < 1.29 is 60.0 Å². The number of esters is 2. The zero-order valence-corrected chi connectivity index (χ0v) is 27.2. The predicted molar refractivity (Wildman–Crippen MR) is 147 cm³/mol. The number of aliphatic hydroxyl groups excluding tert-OH is 1. The van der Waals surface area contributed by atoms with E-state index in [1.165, 1.54) is 19.9 Å². The Hall–Kier alpha value is -0.605. The fourth-order valence-electron chi connectivity index (χ4n) is 6.92. The standard InChI is InChI=1S/C14H23NO3.C14H27NO3.B.Na.H/c1-5-9(6-2)12-11-8(3)7-10(14(16)17-4)13(11)18-15-12;1-5-9(6-2)12(15)11-8(3)7-10(13(11)16)14(17)18-4;;;/h8-11,13H,5-7H2,1-4H3;8-13,16H,5-7,15H2,1-4H3;;;/q;;;+1;-1/t8-,10+,11-,13-;8-,10+,11-,12+,13-;;;/m11.../s1. The summed E-state index contributed by atoms with van der Waals surface area (Å²) < 4.78 is 9.62. The number of hydrogen-bond donors (Lipinski definition) is 2. The minimum Gasteiger partial charge on any atom is -1.00 e. The summed E-state index contributed by atoms with van der Waals surface area (Å²) in [5, 5.41) is 14.6. The number of fused-ring (bicyclic) bond motifs is 1. The largest absolute Gasteiger partial charge is 1.00 e. The van der Waals surface area contributed by atoms with Crippen LogP contribution in [0.2, 0.25) is 0 Å². The third kappa shape index (κ3) is 7.99. The second-order valence-electron chi connectivity index (χ2n) is 11.0. The molecule has 0 aromatic carbocycles. The Morgan fingerprint density at radius 1 is 1.00 bits per heavy atom. The molecular formula is C28H51BN2NaO6. The van der Waals surface area contributed by atoms with Crippen LogP contribution in [0.5, 0.6) is 0 Å². The van der Waals surface area contributed by atoms with Crippen molar-refractivity contribution >= 4 is 26.1 Å². The molecule has 0 unspecified atom stereocenters. The van der Waals surface area contributed by atoms with E-state index in [4.69, 9.17) is 20.0 Å². The average Bonchev–Trinajstić information content (AvgIpc) is 3.53. The smallest absolute Gasteiger partial charge is 1.00 e.